The zero-order valence-corrected chi connectivity index (χ0v) is 20.4. The molecule has 0 radical (unpaired) electrons. The molecule has 3 aromatic rings. The molecule has 0 bridgehead atoms. The van der Waals surface area contributed by atoms with Crippen LogP contribution in [-0.2, 0) is 17.8 Å². The van der Waals surface area contributed by atoms with Gasteiger partial charge >= 0.3 is 0 Å². The average molecular weight is 493 g/mol. The molecule has 2 aromatic carbocycles. The number of benzene rings is 2. The zero-order valence-electron chi connectivity index (χ0n) is 20.4. The van der Waals surface area contributed by atoms with Crippen molar-refractivity contribution in [2.75, 3.05) is 44.2 Å². The van der Waals surface area contributed by atoms with E-state index in [-0.39, 0.29) is 11.7 Å². The van der Waals surface area contributed by atoms with Crippen molar-refractivity contribution in [1.29, 1.82) is 0 Å². The number of piperidine rings is 1. The lowest BCUT2D eigenvalue weighted by molar-refractivity contribution is -0.133. The molecule has 2 aliphatic heterocycles. The highest BCUT2D eigenvalue weighted by molar-refractivity contribution is 5.77. The van der Waals surface area contributed by atoms with Crippen LogP contribution in [0.25, 0.3) is 0 Å². The molecule has 8 heteroatoms. The average Bonchev–Trinajstić information content (AvgIpc) is 3.37. The Morgan fingerprint density at radius 1 is 1.06 bits per heavy atom. The van der Waals surface area contributed by atoms with Crippen LogP contribution >= 0.6 is 0 Å². The van der Waals surface area contributed by atoms with E-state index in [1.165, 1.54) is 12.1 Å². The lowest BCUT2D eigenvalue weighted by atomic mass is 9.81. The SMILES string of the molecule is O=C(C[C@@H]1CCNC[C@H]1Cc1cc(COc2ccccc2)on1)N1CCN(c2ccc(F)cc2)CC1. The fourth-order valence-corrected chi connectivity index (χ4v) is 5.16. The maximum atomic E-state index is 13.2. The lowest BCUT2D eigenvalue weighted by Gasteiger charge is -2.38. The second kappa shape index (κ2) is 11.6. The number of para-hydroxylation sites is 1. The predicted molar refractivity (Wildman–Crippen MR) is 135 cm³/mol. The van der Waals surface area contributed by atoms with Crippen LogP contribution in [0.1, 0.15) is 24.3 Å². The van der Waals surface area contributed by atoms with Gasteiger partial charge in [0.15, 0.2) is 5.76 Å². The van der Waals surface area contributed by atoms with E-state index in [9.17, 15) is 9.18 Å². The van der Waals surface area contributed by atoms with E-state index in [1.807, 2.05) is 41.3 Å². The number of amides is 1. The number of hydrogen-bond acceptors (Lipinski definition) is 6. The first kappa shape index (κ1) is 24.3. The maximum Gasteiger partial charge on any atom is 0.222 e. The minimum atomic E-state index is -0.230. The molecule has 0 saturated carbocycles. The third-order valence-electron chi connectivity index (χ3n) is 7.23. The van der Waals surface area contributed by atoms with E-state index in [0.717, 1.165) is 56.2 Å². The summed E-state index contributed by atoms with van der Waals surface area (Å²) in [5, 5.41) is 7.74. The summed E-state index contributed by atoms with van der Waals surface area (Å²) in [4.78, 5) is 17.4. The molecule has 2 fully saturated rings. The van der Waals surface area contributed by atoms with Gasteiger partial charge in [0, 0.05) is 44.4 Å². The minimum absolute atomic E-state index is 0.225. The van der Waals surface area contributed by atoms with Crippen molar-refractivity contribution in [3.63, 3.8) is 0 Å². The van der Waals surface area contributed by atoms with E-state index in [2.05, 4.69) is 15.4 Å². The Morgan fingerprint density at radius 2 is 1.83 bits per heavy atom. The highest BCUT2D eigenvalue weighted by Gasteiger charge is 2.30. The minimum Gasteiger partial charge on any atom is -0.486 e. The number of hydrogen-bond donors (Lipinski definition) is 1. The molecule has 2 saturated heterocycles. The quantitative estimate of drug-likeness (QED) is 0.514. The van der Waals surface area contributed by atoms with Gasteiger partial charge < -0.3 is 24.4 Å². The molecular formula is C28H33FN4O3. The molecule has 5 rings (SSSR count). The summed E-state index contributed by atoms with van der Waals surface area (Å²) in [6.45, 7) is 5.06. The Morgan fingerprint density at radius 3 is 2.61 bits per heavy atom. The Kier molecular flexibility index (Phi) is 7.81. The third kappa shape index (κ3) is 6.23. The van der Waals surface area contributed by atoms with Crippen molar-refractivity contribution >= 4 is 11.6 Å². The monoisotopic (exact) mass is 492 g/mol. The Balaban J connectivity index is 1.11. The molecule has 1 N–H and O–H groups in total. The van der Waals surface area contributed by atoms with E-state index >= 15 is 0 Å². The van der Waals surface area contributed by atoms with Crippen molar-refractivity contribution in [1.82, 2.24) is 15.4 Å². The Bertz CT molecular complexity index is 1110. The van der Waals surface area contributed by atoms with Crippen LogP contribution in [0.5, 0.6) is 5.75 Å². The lowest BCUT2D eigenvalue weighted by Crippen LogP contribution is -2.50. The van der Waals surface area contributed by atoms with Crippen LogP contribution in [0, 0.1) is 17.7 Å². The van der Waals surface area contributed by atoms with Gasteiger partial charge in [0.05, 0.1) is 5.69 Å². The highest BCUT2D eigenvalue weighted by atomic mass is 19.1. The van der Waals surface area contributed by atoms with Gasteiger partial charge in [0.2, 0.25) is 5.91 Å². The summed E-state index contributed by atoms with van der Waals surface area (Å²) in [5.74, 6) is 2.13. The van der Waals surface area contributed by atoms with Crippen LogP contribution in [0.4, 0.5) is 10.1 Å². The number of nitrogens with one attached hydrogen (secondary N) is 1. The van der Waals surface area contributed by atoms with Crippen molar-refractivity contribution in [3.8, 4) is 5.75 Å². The fourth-order valence-electron chi connectivity index (χ4n) is 5.16. The smallest absolute Gasteiger partial charge is 0.222 e. The molecule has 0 spiro atoms. The molecule has 2 aliphatic rings. The third-order valence-corrected chi connectivity index (χ3v) is 7.23. The molecule has 0 unspecified atom stereocenters. The van der Waals surface area contributed by atoms with Gasteiger partial charge in [-0.05, 0) is 74.2 Å². The summed E-state index contributed by atoms with van der Waals surface area (Å²) in [5.41, 5.74) is 1.91. The number of halogens is 1. The van der Waals surface area contributed by atoms with Gasteiger partial charge in [0.25, 0.3) is 0 Å². The summed E-state index contributed by atoms with van der Waals surface area (Å²) >= 11 is 0. The van der Waals surface area contributed by atoms with Crippen LogP contribution in [0.2, 0.25) is 0 Å². The van der Waals surface area contributed by atoms with Crippen molar-refractivity contribution < 1.29 is 18.4 Å². The van der Waals surface area contributed by atoms with Crippen molar-refractivity contribution in [2.45, 2.75) is 25.9 Å². The van der Waals surface area contributed by atoms with Gasteiger partial charge in [-0.15, -0.1) is 0 Å². The Labute approximate surface area is 211 Å². The van der Waals surface area contributed by atoms with E-state index in [4.69, 9.17) is 9.26 Å². The number of nitrogens with zero attached hydrogens (tertiary/aromatic N) is 3. The summed E-state index contributed by atoms with van der Waals surface area (Å²) in [6, 6.07) is 18.2. The molecule has 2 atom stereocenters. The topological polar surface area (TPSA) is 70.8 Å². The van der Waals surface area contributed by atoms with Gasteiger partial charge in [0.1, 0.15) is 18.2 Å². The van der Waals surface area contributed by atoms with Crippen LogP contribution in [0.3, 0.4) is 0 Å². The standard InChI is InChI=1S/C28H33FN4O3/c29-23-6-8-25(9-7-23)32-12-14-33(15-13-32)28(34)17-21-10-11-30-19-22(21)16-24-18-27(36-31-24)20-35-26-4-2-1-3-5-26/h1-9,18,21-22,30H,10-17,19-20H2/t21-,22+/m0/s1. The van der Waals surface area contributed by atoms with Crippen LogP contribution in [-0.4, -0.2) is 55.2 Å². The molecule has 1 amide bonds. The van der Waals surface area contributed by atoms with Crippen LogP contribution in [0.15, 0.2) is 65.2 Å². The maximum absolute atomic E-state index is 13.2. The van der Waals surface area contributed by atoms with E-state index in [0.29, 0.717) is 43.7 Å². The molecule has 7 nitrogen and oxygen atoms in total. The first-order valence-corrected chi connectivity index (χ1v) is 12.8. The highest BCUT2D eigenvalue weighted by Crippen LogP contribution is 2.28. The number of rotatable bonds is 8. The largest absolute Gasteiger partial charge is 0.486 e. The number of ether oxygens (including phenoxy) is 1. The molecule has 36 heavy (non-hydrogen) atoms. The Hall–Kier alpha value is -3.39. The summed E-state index contributed by atoms with van der Waals surface area (Å²) in [6.07, 6.45) is 2.32. The molecule has 0 aliphatic carbocycles. The van der Waals surface area contributed by atoms with Gasteiger partial charge in [-0.2, -0.15) is 0 Å². The zero-order chi connectivity index (χ0) is 24.7. The van der Waals surface area contributed by atoms with Gasteiger partial charge in [-0.3, -0.25) is 4.79 Å². The predicted octanol–water partition coefficient (Wildman–Crippen LogP) is 3.90. The number of carbonyl (C=O) groups excluding carboxylic acids is 1. The molecule has 190 valence electrons. The van der Waals surface area contributed by atoms with Gasteiger partial charge in [-0.25, -0.2) is 4.39 Å². The number of piperazine rings is 1. The normalized spacial score (nSPS) is 20.4. The van der Waals surface area contributed by atoms with Crippen molar-refractivity contribution in [3.05, 3.63) is 77.9 Å². The number of anilines is 1. The van der Waals surface area contributed by atoms with Crippen molar-refractivity contribution in [2.24, 2.45) is 11.8 Å². The first-order chi connectivity index (χ1) is 17.6. The summed E-state index contributed by atoms with van der Waals surface area (Å²) in [7, 11) is 0. The first-order valence-electron chi connectivity index (χ1n) is 12.8. The van der Waals surface area contributed by atoms with E-state index < -0.39 is 0 Å². The van der Waals surface area contributed by atoms with E-state index in [1.54, 1.807) is 12.1 Å². The second-order valence-electron chi connectivity index (χ2n) is 9.65. The number of carbonyl (C=O) groups is 1. The molecule has 1 aromatic heterocycles. The molecular weight excluding hydrogens is 459 g/mol. The number of aromatic nitrogens is 1. The van der Waals surface area contributed by atoms with Gasteiger partial charge in [-0.1, -0.05) is 23.4 Å². The van der Waals surface area contributed by atoms with Crippen LogP contribution < -0.4 is 15.0 Å². The fraction of sp³-hybridized carbons (Fsp3) is 0.429. The second-order valence-corrected chi connectivity index (χ2v) is 9.65. The molecule has 3 heterocycles. The summed E-state index contributed by atoms with van der Waals surface area (Å²) < 4.78 is 24.5.